The highest BCUT2D eigenvalue weighted by Crippen LogP contribution is 2.41. The van der Waals surface area contributed by atoms with E-state index >= 15 is 0 Å². The summed E-state index contributed by atoms with van der Waals surface area (Å²) in [5.41, 5.74) is 9.29. The molecule has 0 saturated carbocycles. The van der Waals surface area contributed by atoms with Crippen LogP contribution in [0.15, 0.2) is 89.9 Å². The highest BCUT2D eigenvalue weighted by atomic mass is 35.5. The van der Waals surface area contributed by atoms with Gasteiger partial charge in [0.25, 0.3) is 5.91 Å². The number of phenolic OH excluding ortho intramolecular Hbond substituents is 2. The number of carboxylic acid groups (broad SMARTS) is 1. The molecular weight excluding hydrogens is 1030 g/mol. The molecule has 2 aliphatic rings. The van der Waals surface area contributed by atoms with Gasteiger partial charge in [-0.05, 0) is 124 Å². The van der Waals surface area contributed by atoms with Crippen LogP contribution in [0, 0.1) is 26.7 Å². The Morgan fingerprint density at radius 2 is 1.45 bits per heavy atom. The minimum absolute atomic E-state index is 0.00665. The number of carbonyl (C=O) groups excluding carboxylic acids is 2. The number of hydrogen-bond acceptors (Lipinski definition) is 12. The maximum absolute atomic E-state index is 14.1. The number of aromatic hydroxyl groups is 2. The Morgan fingerprint density at radius 1 is 0.844 bits per heavy atom. The molecule has 4 N–H and O–H groups in total. The fraction of sp³-hybridized carbons (Fsp3) is 0.357. The molecule has 5 heterocycles. The van der Waals surface area contributed by atoms with E-state index in [2.05, 4.69) is 80.3 Å². The van der Waals surface area contributed by atoms with E-state index in [4.69, 9.17) is 26.5 Å². The Kier molecular flexibility index (Phi) is 17.0. The first-order valence-corrected chi connectivity index (χ1v) is 26.4. The van der Waals surface area contributed by atoms with Gasteiger partial charge in [0, 0.05) is 65.5 Å². The lowest BCUT2D eigenvalue weighted by Crippen LogP contribution is -2.39. The Bertz CT molecular complexity index is 3310. The predicted molar refractivity (Wildman–Crippen MR) is 288 cm³/mol. The SMILES string of the molecule is CCNC(=O)c1nnc(-c2cc(C(C)C)c(O)cc2O)n1-c1ccc(CN(C)Cc2ccc(CC3CCN(C(=O)C[C@H]4N=C(c5ccc(Cl)cc5)c5c(sc(C)c5C)-n5c(C)nnc54)CC3)cc2)cc1.O=C(O)C(F)(F)F. The maximum atomic E-state index is 14.1. The third-order valence-electron chi connectivity index (χ3n) is 13.8. The van der Waals surface area contributed by atoms with E-state index in [1.54, 1.807) is 22.0 Å². The average molecular weight is 1090 g/mol. The van der Waals surface area contributed by atoms with Crippen LogP contribution >= 0.6 is 22.9 Å². The van der Waals surface area contributed by atoms with E-state index < -0.39 is 18.2 Å². The minimum Gasteiger partial charge on any atom is -0.508 e. The molecule has 3 aromatic heterocycles. The number of piperidine rings is 1. The fourth-order valence-electron chi connectivity index (χ4n) is 9.68. The van der Waals surface area contributed by atoms with Crippen molar-refractivity contribution in [3.8, 4) is 33.6 Å². The molecule has 1 fully saturated rings. The fourth-order valence-corrected chi connectivity index (χ4v) is 11.0. The summed E-state index contributed by atoms with van der Waals surface area (Å²) < 4.78 is 35.5. The van der Waals surface area contributed by atoms with Crippen molar-refractivity contribution in [1.29, 1.82) is 0 Å². The number of alkyl halides is 3. The number of aromatic nitrogens is 6. The third-order valence-corrected chi connectivity index (χ3v) is 15.2. The molecule has 2 amide bonds. The summed E-state index contributed by atoms with van der Waals surface area (Å²) in [6.07, 6.45) is -2.03. The zero-order chi connectivity index (χ0) is 55.5. The topological polar surface area (TPSA) is 204 Å². The van der Waals surface area contributed by atoms with E-state index in [1.807, 2.05) is 81.1 Å². The van der Waals surface area contributed by atoms with Crippen molar-refractivity contribution in [2.45, 2.75) is 98.5 Å². The van der Waals surface area contributed by atoms with E-state index in [1.165, 1.54) is 22.1 Å². The summed E-state index contributed by atoms with van der Waals surface area (Å²) in [7, 11) is 2.09. The highest BCUT2D eigenvalue weighted by molar-refractivity contribution is 7.15. The Morgan fingerprint density at radius 3 is 2.05 bits per heavy atom. The number of rotatable bonds is 14. The lowest BCUT2D eigenvalue weighted by atomic mass is 9.89. The van der Waals surface area contributed by atoms with Gasteiger partial charge in [0.2, 0.25) is 11.7 Å². The van der Waals surface area contributed by atoms with Gasteiger partial charge in [-0.25, -0.2) is 4.79 Å². The maximum Gasteiger partial charge on any atom is 0.490 e. The molecule has 1 atom stereocenters. The number of fused-ring (bicyclic) bond motifs is 3. The van der Waals surface area contributed by atoms with Crippen LogP contribution in [0.4, 0.5) is 13.2 Å². The number of carboxylic acids is 1. The number of halogens is 4. The highest BCUT2D eigenvalue weighted by Gasteiger charge is 2.38. The standard InChI is InChI=1S/C54H59ClN10O4S.C2HF3O2/c1-8-56-53(69)52-61-59-50(43-26-42(31(2)3)45(66)28-46(43)67)65(52)41-19-13-38(14-20-41)30-62(7)29-37-11-9-35(10-12-37)25-36-21-23-63(24-22-36)47(68)27-44-51-60-58-34(6)64(51)54-48(32(4)33(5)70-54)49(57-44)39-15-17-40(55)18-16-39;3-2(4,5)1(6)7/h9-20,26,28,31,36,44,66-67H,8,21-25,27,29-30H2,1-7H3,(H,56,69);(H,6,7)/t44-;/m1./s1. The first-order chi connectivity index (χ1) is 36.6. The van der Waals surface area contributed by atoms with Crippen LogP contribution < -0.4 is 5.32 Å². The lowest BCUT2D eigenvalue weighted by Gasteiger charge is -2.32. The normalized spacial score (nSPS) is 14.6. The van der Waals surface area contributed by atoms with Crippen LogP contribution in [-0.4, -0.2) is 111 Å². The number of nitrogens with one attached hydrogen (secondary N) is 1. The Balaban J connectivity index is 0.00000105. The largest absolute Gasteiger partial charge is 0.508 e. The number of nitrogens with zero attached hydrogens (tertiary/aromatic N) is 9. The molecular formula is C56H60ClF3N10O6S. The second kappa shape index (κ2) is 23.4. The molecule has 0 spiro atoms. The smallest absolute Gasteiger partial charge is 0.490 e. The summed E-state index contributed by atoms with van der Waals surface area (Å²) >= 11 is 8.01. The van der Waals surface area contributed by atoms with Crippen molar-refractivity contribution in [3.05, 3.63) is 151 Å². The number of hydrogen-bond donors (Lipinski definition) is 4. The zero-order valence-corrected chi connectivity index (χ0v) is 45.3. The molecule has 21 heteroatoms. The minimum atomic E-state index is -5.08. The number of amides is 2. The Labute approximate surface area is 452 Å². The molecule has 16 nitrogen and oxygen atoms in total. The van der Waals surface area contributed by atoms with Crippen molar-refractivity contribution in [2.75, 3.05) is 26.7 Å². The summed E-state index contributed by atoms with van der Waals surface area (Å²) in [5, 5.41) is 50.7. The quantitative estimate of drug-likeness (QED) is 0.0807. The Hall–Kier alpha value is -7.42. The number of benzene rings is 4. The van der Waals surface area contributed by atoms with Crippen LogP contribution in [0.2, 0.25) is 5.02 Å². The van der Waals surface area contributed by atoms with Crippen LogP contribution in [0.5, 0.6) is 11.5 Å². The number of carbonyl (C=O) groups is 3. The van der Waals surface area contributed by atoms with Crippen LogP contribution in [0.3, 0.4) is 0 Å². The van der Waals surface area contributed by atoms with Crippen molar-refractivity contribution < 1.29 is 42.9 Å². The molecule has 0 radical (unpaired) electrons. The molecule has 1 saturated heterocycles. The first kappa shape index (κ1) is 55.8. The molecule has 0 aliphatic carbocycles. The van der Waals surface area contributed by atoms with Gasteiger partial charge in [-0.15, -0.1) is 31.7 Å². The molecule has 4 aromatic carbocycles. The zero-order valence-electron chi connectivity index (χ0n) is 43.7. The van der Waals surface area contributed by atoms with Gasteiger partial charge in [0.15, 0.2) is 11.6 Å². The van der Waals surface area contributed by atoms with Crippen LogP contribution in [0.1, 0.15) is 118 Å². The van der Waals surface area contributed by atoms with Crippen molar-refractivity contribution in [1.82, 2.24) is 44.6 Å². The summed E-state index contributed by atoms with van der Waals surface area (Å²) in [6.45, 7) is 15.2. The monoisotopic (exact) mass is 1090 g/mol. The van der Waals surface area contributed by atoms with Gasteiger partial charge in [-0.3, -0.25) is 28.6 Å². The molecule has 9 rings (SSSR count). The van der Waals surface area contributed by atoms with Gasteiger partial charge in [0.05, 0.1) is 17.7 Å². The number of phenols is 2. The van der Waals surface area contributed by atoms with Crippen molar-refractivity contribution >= 4 is 46.4 Å². The summed E-state index contributed by atoms with van der Waals surface area (Å²) in [6, 6.07) is 27.1. The van der Waals surface area contributed by atoms with Gasteiger partial charge in [-0.1, -0.05) is 74.0 Å². The van der Waals surface area contributed by atoms with Crippen LogP contribution in [0.25, 0.3) is 22.1 Å². The van der Waals surface area contributed by atoms with Gasteiger partial charge in [0.1, 0.15) is 28.4 Å². The predicted octanol–water partition coefficient (Wildman–Crippen LogP) is 10.5. The van der Waals surface area contributed by atoms with E-state index in [-0.39, 0.29) is 41.5 Å². The van der Waals surface area contributed by atoms with E-state index in [9.17, 15) is 33.0 Å². The molecule has 77 heavy (non-hydrogen) atoms. The molecule has 404 valence electrons. The number of aliphatic imine (C=N–C) groups is 1. The third kappa shape index (κ3) is 12.6. The van der Waals surface area contributed by atoms with E-state index in [0.717, 1.165) is 64.6 Å². The molecule has 7 aromatic rings. The second-order valence-corrected chi connectivity index (χ2v) is 21.4. The number of aryl methyl sites for hydroxylation is 2. The van der Waals surface area contributed by atoms with Gasteiger partial charge >= 0.3 is 12.1 Å². The van der Waals surface area contributed by atoms with Gasteiger partial charge in [-0.2, -0.15) is 13.2 Å². The first-order valence-electron chi connectivity index (χ1n) is 25.2. The molecule has 2 aliphatic heterocycles. The molecule has 0 unspecified atom stereocenters. The average Bonchev–Trinajstić information content (AvgIpc) is 4.24. The summed E-state index contributed by atoms with van der Waals surface area (Å²) in [5.74, 6) is -0.902. The second-order valence-electron chi connectivity index (χ2n) is 19.7. The van der Waals surface area contributed by atoms with Crippen LogP contribution in [-0.2, 0) is 29.1 Å². The number of aliphatic carboxylic acids is 1. The van der Waals surface area contributed by atoms with Gasteiger partial charge < -0.3 is 25.5 Å². The molecule has 0 bridgehead atoms. The number of thiophene rings is 1. The number of likely N-dealkylation sites (tertiary alicyclic amines) is 1. The summed E-state index contributed by atoms with van der Waals surface area (Å²) in [4.78, 5) is 46.9. The van der Waals surface area contributed by atoms with E-state index in [0.29, 0.717) is 65.6 Å². The van der Waals surface area contributed by atoms with Crippen molar-refractivity contribution in [2.24, 2.45) is 10.9 Å². The van der Waals surface area contributed by atoms with Crippen molar-refractivity contribution in [3.63, 3.8) is 0 Å². The lowest BCUT2D eigenvalue weighted by molar-refractivity contribution is -0.192.